The average molecular weight is 316 g/mol. The fourth-order valence-corrected chi connectivity index (χ4v) is 3.90. The van der Waals surface area contributed by atoms with Crippen molar-refractivity contribution in [1.29, 1.82) is 0 Å². The highest BCUT2D eigenvalue weighted by atomic mass is 16.4. The molecular weight excluding hydrogens is 284 g/mol. The van der Waals surface area contributed by atoms with Gasteiger partial charge in [0.05, 0.1) is 5.56 Å². The minimum absolute atomic E-state index is 0.394. The summed E-state index contributed by atoms with van der Waals surface area (Å²) in [5, 5.41) is 8.97. The van der Waals surface area contributed by atoms with Crippen molar-refractivity contribution >= 4 is 5.97 Å². The molecule has 0 aliphatic heterocycles. The molecule has 23 heavy (non-hydrogen) atoms. The Morgan fingerprint density at radius 3 is 2.17 bits per heavy atom. The van der Waals surface area contributed by atoms with E-state index in [1.807, 2.05) is 12.1 Å². The average Bonchev–Trinajstić information content (AvgIpc) is 2.58. The first-order chi connectivity index (χ1) is 11.2. The highest BCUT2D eigenvalue weighted by Gasteiger charge is 2.22. The van der Waals surface area contributed by atoms with Crippen LogP contribution in [0.15, 0.2) is 24.3 Å². The van der Waals surface area contributed by atoms with Gasteiger partial charge < -0.3 is 5.11 Å². The molecule has 2 nitrogen and oxygen atoms in total. The van der Waals surface area contributed by atoms with Gasteiger partial charge in [-0.25, -0.2) is 4.79 Å². The third-order valence-corrected chi connectivity index (χ3v) is 5.44. The van der Waals surface area contributed by atoms with E-state index in [0.717, 1.165) is 5.92 Å². The van der Waals surface area contributed by atoms with Crippen molar-refractivity contribution < 1.29 is 9.90 Å². The van der Waals surface area contributed by atoms with Crippen LogP contribution in [0.3, 0.4) is 0 Å². The topological polar surface area (TPSA) is 37.3 Å². The smallest absolute Gasteiger partial charge is 0.335 e. The molecule has 0 aromatic heterocycles. The Kier molecular flexibility index (Phi) is 7.64. The maximum Gasteiger partial charge on any atom is 0.335 e. The third-order valence-electron chi connectivity index (χ3n) is 5.44. The van der Waals surface area contributed by atoms with Gasteiger partial charge in [0.15, 0.2) is 0 Å². The molecule has 0 spiro atoms. The summed E-state index contributed by atoms with van der Waals surface area (Å²) in [4.78, 5) is 10.9. The summed E-state index contributed by atoms with van der Waals surface area (Å²) in [5.41, 5.74) is 1.72. The van der Waals surface area contributed by atoms with Crippen LogP contribution in [0, 0.1) is 5.92 Å². The lowest BCUT2D eigenvalue weighted by Crippen LogP contribution is -2.13. The second-order valence-corrected chi connectivity index (χ2v) is 7.20. The summed E-state index contributed by atoms with van der Waals surface area (Å²) in [6.07, 6.45) is 15.0. The van der Waals surface area contributed by atoms with Crippen molar-refractivity contribution in [1.82, 2.24) is 0 Å². The molecule has 1 N–H and O–H groups in total. The SMILES string of the molecule is CCCCCCCCC1CCC(c2ccc(C(=O)O)cc2)CC1. The van der Waals surface area contributed by atoms with Crippen LogP contribution in [0.4, 0.5) is 0 Å². The van der Waals surface area contributed by atoms with Gasteiger partial charge in [0.2, 0.25) is 0 Å². The van der Waals surface area contributed by atoms with E-state index in [1.165, 1.54) is 76.2 Å². The van der Waals surface area contributed by atoms with Crippen LogP contribution in [0.25, 0.3) is 0 Å². The molecule has 0 saturated heterocycles. The van der Waals surface area contributed by atoms with Gasteiger partial charge in [-0.2, -0.15) is 0 Å². The van der Waals surface area contributed by atoms with Crippen LogP contribution in [0.5, 0.6) is 0 Å². The molecular formula is C21H32O2. The van der Waals surface area contributed by atoms with E-state index in [2.05, 4.69) is 6.92 Å². The fourth-order valence-electron chi connectivity index (χ4n) is 3.90. The van der Waals surface area contributed by atoms with Crippen LogP contribution in [0.2, 0.25) is 0 Å². The van der Waals surface area contributed by atoms with E-state index in [0.29, 0.717) is 11.5 Å². The number of aromatic carboxylic acids is 1. The van der Waals surface area contributed by atoms with Gasteiger partial charge >= 0.3 is 5.97 Å². The van der Waals surface area contributed by atoms with Gasteiger partial charge in [0, 0.05) is 0 Å². The molecule has 2 rings (SSSR count). The van der Waals surface area contributed by atoms with Crippen molar-refractivity contribution in [2.45, 2.75) is 83.5 Å². The predicted octanol–water partition coefficient (Wildman–Crippen LogP) is 6.41. The number of unbranched alkanes of at least 4 members (excludes halogenated alkanes) is 5. The first-order valence-corrected chi connectivity index (χ1v) is 9.54. The molecule has 0 heterocycles. The van der Waals surface area contributed by atoms with Crippen LogP contribution in [0.1, 0.15) is 99.4 Å². The maximum absolute atomic E-state index is 10.9. The minimum atomic E-state index is -0.834. The monoisotopic (exact) mass is 316 g/mol. The van der Waals surface area contributed by atoms with Crippen molar-refractivity contribution in [2.24, 2.45) is 5.92 Å². The lowest BCUT2D eigenvalue weighted by molar-refractivity contribution is 0.0697. The molecule has 0 bridgehead atoms. The molecule has 1 saturated carbocycles. The first-order valence-electron chi connectivity index (χ1n) is 9.54. The zero-order valence-electron chi connectivity index (χ0n) is 14.6. The largest absolute Gasteiger partial charge is 0.478 e. The molecule has 1 aliphatic rings. The van der Waals surface area contributed by atoms with E-state index in [1.54, 1.807) is 12.1 Å². The molecule has 2 heteroatoms. The van der Waals surface area contributed by atoms with Crippen LogP contribution in [-0.4, -0.2) is 11.1 Å². The number of hydrogen-bond donors (Lipinski definition) is 1. The molecule has 0 amide bonds. The van der Waals surface area contributed by atoms with Gasteiger partial charge in [-0.15, -0.1) is 0 Å². The summed E-state index contributed by atoms with van der Waals surface area (Å²) < 4.78 is 0. The van der Waals surface area contributed by atoms with Gasteiger partial charge in [-0.3, -0.25) is 0 Å². The molecule has 0 atom stereocenters. The van der Waals surface area contributed by atoms with Crippen LogP contribution >= 0.6 is 0 Å². The quantitative estimate of drug-likeness (QED) is 0.534. The Morgan fingerprint density at radius 2 is 1.57 bits per heavy atom. The Hall–Kier alpha value is -1.31. The second-order valence-electron chi connectivity index (χ2n) is 7.20. The summed E-state index contributed by atoms with van der Waals surface area (Å²) in [7, 11) is 0. The zero-order chi connectivity index (χ0) is 16.5. The third kappa shape index (κ3) is 6.01. The number of rotatable bonds is 9. The Bertz CT molecular complexity index is 455. The number of benzene rings is 1. The van der Waals surface area contributed by atoms with E-state index in [4.69, 9.17) is 5.11 Å². The molecule has 1 aromatic rings. The normalized spacial score (nSPS) is 21.3. The maximum atomic E-state index is 10.9. The van der Waals surface area contributed by atoms with Crippen molar-refractivity contribution in [3.05, 3.63) is 35.4 Å². The van der Waals surface area contributed by atoms with Crippen LogP contribution in [-0.2, 0) is 0 Å². The lowest BCUT2D eigenvalue weighted by Gasteiger charge is -2.29. The number of carbonyl (C=O) groups is 1. The van der Waals surface area contributed by atoms with E-state index >= 15 is 0 Å². The Balaban J connectivity index is 1.66. The van der Waals surface area contributed by atoms with Crippen molar-refractivity contribution in [3.63, 3.8) is 0 Å². The van der Waals surface area contributed by atoms with Gasteiger partial charge in [0.1, 0.15) is 0 Å². The van der Waals surface area contributed by atoms with Crippen molar-refractivity contribution in [3.8, 4) is 0 Å². The fraction of sp³-hybridized carbons (Fsp3) is 0.667. The first kappa shape index (κ1) is 18.0. The summed E-state index contributed by atoms with van der Waals surface area (Å²) in [6.45, 7) is 2.27. The number of hydrogen-bond acceptors (Lipinski definition) is 1. The zero-order valence-corrected chi connectivity index (χ0v) is 14.6. The minimum Gasteiger partial charge on any atom is -0.478 e. The van der Waals surface area contributed by atoms with Crippen molar-refractivity contribution in [2.75, 3.05) is 0 Å². The Labute approximate surface area is 141 Å². The number of carboxylic acid groups (broad SMARTS) is 1. The summed E-state index contributed by atoms with van der Waals surface area (Å²) in [5.74, 6) is 0.730. The van der Waals surface area contributed by atoms with E-state index in [-0.39, 0.29) is 0 Å². The van der Waals surface area contributed by atoms with Gasteiger partial charge in [-0.1, -0.05) is 64.0 Å². The molecule has 0 radical (unpaired) electrons. The van der Waals surface area contributed by atoms with E-state index < -0.39 is 5.97 Å². The molecule has 128 valence electrons. The lowest BCUT2D eigenvalue weighted by atomic mass is 9.77. The molecule has 1 aliphatic carbocycles. The van der Waals surface area contributed by atoms with Crippen LogP contribution < -0.4 is 0 Å². The molecule has 0 unspecified atom stereocenters. The Morgan fingerprint density at radius 1 is 0.957 bits per heavy atom. The predicted molar refractivity (Wildman–Crippen MR) is 96.1 cm³/mol. The van der Waals surface area contributed by atoms with E-state index in [9.17, 15) is 4.79 Å². The highest BCUT2D eigenvalue weighted by Crippen LogP contribution is 2.37. The second kappa shape index (κ2) is 9.75. The van der Waals surface area contributed by atoms with Gasteiger partial charge in [0.25, 0.3) is 0 Å². The van der Waals surface area contributed by atoms with Gasteiger partial charge in [-0.05, 0) is 55.2 Å². The number of carboxylic acids is 1. The summed E-state index contributed by atoms with van der Waals surface area (Å²) >= 11 is 0. The summed E-state index contributed by atoms with van der Waals surface area (Å²) in [6, 6.07) is 7.53. The highest BCUT2D eigenvalue weighted by molar-refractivity contribution is 5.87. The standard InChI is InChI=1S/C21H32O2/c1-2-3-4-5-6-7-8-17-9-11-18(12-10-17)19-13-15-20(16-14-19)21(22)23/h13-18H,2-12H2,1H3,(H,22,23). The molecule has 1 fully saturated rings. The molecule has 1 aromatic carbocycles.